The topological polar surface area (TPSA) is 26.3 Å². The van der Waals surface area contributed by atoms with Gasteiger partial charge in [-0.05, 0) is 40.4 Å². The first-order chi connectivity index (χ1) is 7.12. The van der Waals surface area contributed by atoms with Crippen molar-refractivity contribution in [2.45, 2.75) is 18.3 Å². The molecule has 0 unspecified atom stereocenters. The van der Waals surface area contributed by atoms with Gasteiger partial charge in [-0.15, -0.1) is 0 Å². The summed E-state index contributed by atoms with van der Waals surface area (Å²) in [6.45, 7) is 0. The molecule has 1 saturated carbocycles. The van der Waals surface area contributed by atoms with E-state index in [1.807, 2.05) is 0 Å². The summed E-state index contributed by atoms with van der Waals surface area (Å²) in [4.78, 5) is 11.6. The van der Waals surface area contributed by atoms with Crippen LogP contribution in [-0.2, 0) is 14.9 Å². The molecule has 0 saturated heterocycles. The Morgan fingerprint density at radius 3 is 2.73 bits per heavy atom. The fourth-order valence-corrected chi connectivity index (χ4v) is 2.42. The lowest BCUT2D eigenvalue weighted by atomic mass is 9.96. The molecule has 80 valence electrons. The molecule has 0 aromatic heterocycles. The fraction of sp³-hybridized carbons (Fsp3) is 0.364. The largest absolute Gasteiger partial charge is 0.468 e. The van der Waals surface area contributed by atoms with Gasteiger partial charge in [0.05, 0.1) is 17.0 Å². The number of ether oxygens (including phenoxy) is 1. The standard InChI is InChI=1S/C11H10BrFO2/c1-15-10(14)11(5-6-11)7-3-2-4-8(13)9(7)12/h2-4H,5-6H2,1H3. The molecule has 1 aliphatic carbocycles. The van der Waals surface area contributed by atoms with E-state index < -0.39 is 5.41 Å². The Morgan fingerprint density at radius 2 is 2.20 bits per heavy atom. The van der Waals surface area contributed by atoms with Crippen molar-refractivity contribution in [2.24, 2.45) is 0 Å². The van der Waals surface area contributed by atoms with E-state index in [0.717, 1.165) is 12.8 Å². The van der Waals surface area contributed by atoms with Crippen molar-refractivity contribution in [1.82, 2.24) is 0 Å². The first-order valence-corrected chi connectivity index (χ1v) is 5.44. The van der Waals surface area contributed by atoms with Crippen LogP contribution in [0.15, 0.2) is 22.7 Å². The third kappa shape index (κ3) is 1.57. The van der Waals surface area contributed by atoms with E-state index in [-0.39, 0.29) is 11.8 Å². The number of hydrogen-bond donors (Lipinski definition) is 0. The van der Waals surface area contributed by atoms with Gasteiger partial charge in [-0.25, -0.2) is 4.39 Å². The Morgan fingerprint density at radius 1 is 1.53 bits per heavy atom. The van der Waals surface area contributed by atoms with Crippen molar-refractivity contribution in [3.63, 3.8) is 0 Å². The van der Waals surface area contributed by atoms with Crippen molar-refractivity contribution < 1.29 is 13.9 Å². The third-order valence-corrected chi connectivity index (χ3v) is 3.60. The molecule has 0 heterocycles. The van der Waals surface area contributed by atoms with E-state index in [0.29, 0.717) is 10.0 Å². The van der Waals surface area contributed by atoms with E-state index in [2.05, 4.69) is 15.9 Å². The van der Waals surface area contributed by atoms with Crippen LogP contribution in [0.5, 0.6) is 0 Å². The molecule has 0 radical (unpaired) electrons. The van der Waals surface area contributed by atoms with Crippen molar-refractivity contribution >= 4 is 21.9 Å². The Bertz CT molecular complexity index is 413. The molecule has 0 N–H and O–H groups in total. The Kier molecular flexibility index (Phi) is 2.54. The Hall–Kier alpha value is -0.900. The normalized spacial score (nSPS) is 17.3. The summed E-state index contributed by atoms with van der Waals surface area (Å²) >= 11 is 3.17. The molecule has 0 atom stereocenters. The summed E-state index contributed by atoms with van der Waals surface area (Å²) in [6.07, 6.45) is 1.45. The monoisotopic (exact) mass is 272 g/mol. The zero-order valence-electron chi connectivity index (χ0n) is 8.22. The van der Waals surface area contributed by atoms with Crippen LogP contribution in [0.4, 0.5) is 4.39 Å². The van der Waals surface area contributed by atoms with Gasteiger partial charge in [0.2, 0.25) is 0 Å². The van der Waals surface area contributed by atoms with Crippen molar-refractivity contribution in [2.75, 3.05) is 7.11 Å². The summed E-state index contributed by atoms with van der Waals surface area (Å²) in [5.74, 6) is -0.628. The Balaban J connectivity index is 2.46. The Labute approximate surface area is 95.6 Å². The average molecular weight is 273 g/mol. The van der Waals surface area contributed by atoms with Crippen molar-refractivity contribution in [1.29, 1.82) is 0 Å². The quantitative estimate of drug-likeness (QED) is 0.774. The lowest BCUT2D eigenvalue weighted by molar-refractivity contribution is -0.143. The molecule has 1 aromatic carbocycles. The maximum Gasteiger partial charge on any atom is 0.316 e. The third-order valence-electron chi connectivity index (χ3n) is 2.79. The summed E-state index contributed by atoms with van der Waals surface area (Å²) in [6, 6.07) is 4.73. The highest BCUT2D eigenvalue weighted by atomic mass is 79.9. The second-order valence-electron chi connectivity index (χ2n) is 3.68. The molecule has 2 rings (SSSR count). The smallest absolute Gasteiger partial charge is 0.316 e. The number of rotatable bonds is 2. The van der Waals surface area contributed by atoms with Gasteiger partial charge in [0, 0.05) is 0 Å². The van der Waals surface area contributed by atoms with Gasteiger partial charge >= 0.3 is 5.97 Å². The maximum atomic E-state index is 13.3. The highest BCUT2D eigenvalue weighted by molar-refractivity contribution is 9.10. The molecule has 1 fully saturated rings. The van der Waals surface area contributed by atoms with Gasteiger partial charge < -0.3 is 4.74 Å². The summed E-state index contributed by atoms with van der Waals surface area (Å²) < 4.78 is 18.4. The number of benzene rings is 1. The van der Waals surface area contributed by atoms with E-state index >= 15 is 0 Å². The molecular formula is C11H10BrFO2. The first-order valence-electron chi connectivity index (χ1n) is 4.65. The lowest BCUT2D eigenvalue weighted by Gasteiger charge is -2.14. The molecule has 1 aromatic rings. The van der Waals surface area contributed by atoms with Crippen LogP contribution in [0.2, 0.25) is 0 Å². The lowest BCUT2D eigenvalue weighted by Crippen LogP contribution is -2.22. The number of carbonyl (C=O) groups is 1. The number of halogens is 2. The molecular weight excluding hydrogens is 263 g/mol. The van der Waals surface area contributed by atoms with E-state index in [9.17, 15) is 9.18 Å². The highest BCUT2D eigenvalue weighted by Crippen LogP contribution is 2.51. The predicted molar refractivity (Wildman–Crippen MR) is 57.0 cm³/mol. The zero-order valence-corrected chi connectivity index (χ0v) is 9.80. The minimum absolute atomic E-state index is 0.284. The van der Waals surface area contributed by atoms with Crippen LogP contribution in [0.25, 0.3) is 0 Å². The van der Waals surface area contributed by atoms with Gasteiger partial charge in [0.15, 0.2) is 0 Å². The number of hydrogen-bond acceptors (Lipinski definition) is 2. The van der Waals surface area contributed by atoms with Gasteiger partial charge in [-0.2, -0.15) is 0 Å². The summed E-state index contributed by atoms with van der Waals surface area (Å²) in [5, 5.41) is 0. The molecule has 2 nitrogen and oxygen atoms in total. The molecule has 0 spiro atoms. The fourth-order valence-electron chi connectivity index (χ4n) is 1.78. The number of carbonyl (C=O) groups excluding carboxylic acids is 1. The molecule has 15 heavy (non-hydrogen) atoms. The van der Waals surface area contributed by atoms with E-state index in [1.54, 1.807) is 12.1 Å². The maximum absolute atomic E-state index is 13.3. The average Bonchev–Trinajstić information content (AvgIpc) is 3.02. The number of methoxy groups -OCH3 is 1. The highest BCUT2D eigenvalue weighted by Gasteiger charge is 2.53. The molecule has 0 bridgehead atoms. The SMILES string of the molecule is COC(=O)C1(c2cccc(F)c2Br)CC1. The van der Waals surface area contributed by atoms with Crippen LogP contribution in [0.1, 0.15) is 18.4 Å². The van der Waals surface area contributed by atoms with E-state index in [1.165, 1.54) is 13.2 Å². The second kappa shape index (κ2) is 3.59. The molecule has 0 aliphatic heterocycles. The minimum Gasteiger partial charge on any atom is -0.468 e. The van der Waals surface area contributed by atoms with Gasteiger partial charge in [0.1, 0.15) is 5.82 Å². The van der Waals surface area contributed by atoms with E-state index in [4.69, 9.17) is 4.74 Å². The first kappa shape index (κ1) is 10.6. The van der Waals surface area contributed by atoms with Gasteiger partial charge in [-0.3, -0.25) is 4.79 Å². The van der Waals surface area contributed by atoms with Crippen LogP contribution < -0.4 is 0 Å². The number of esters is 1. The van der Waals surface area contributed by atoms with Gasteiger partial charge in [0.25, 0.3) is 0 Å². The molecule has 0 amide bonds. The minimum atomic E-state index is -0.615. The van der Waals surface area contributed by atoms with Crippen LogP contribution >= 0.6 is 15.9 Å². The summed E-state index contributed by atoms with van der Waals surface area (Å²) in [5.41, 5.74) is 0.0738. The van der Waals surface area contributed by atoms with Crippen LogP contribution in [-0.4, -0.2) is 13.1 Å². The second-order valence-corrected chi connectivity index (χ2v) is 4.47. The zero-order chi connectivity index (χ0) is 11.1. The molecule has 4 heteroatoms. The van der Waals surface area contributed by atoms with Gasteiger partial charge in [-0.1, -0.05) is 12.1 Å². The van der Waals surface area contributed by atoms with Crippen LogP contribution in [0.3, 0.4) is 0 Å². The predicted octanol–water partition coefficient (Wildman–Crippen LogP) is 2.79. The van der Waals surface area contributed by atoms with Crippen molar-refractivity contribution in [3.8, 4) is 0 Å². The molecule has 1 aliphatic rings. The van der Waals surface area contributed by atoms with Crippen molar-refractivity contribution in [3.05, 3.63) is 34.1 Å². The summed E-state index contributed by atoms with van der Waals surface area (Å²) in [7, 11) is 1.36. The van der Waals surface area contributed by atoms with Crippen LogP contribution in [0, 0.1) is 5.82 Å².